The summed E-state index contributed by atoms with van der Waals surface area (Å²) in [6.07, 6.45) is 6.96. The van der Waals surface area contributed by atoms with E-state index in [-0.39, 0.29) is 5.97 Å². The van der Waals surface area contributed by atoms with Gasteiger partial charge in [0.25, 0.3) is 0 Å². The van der Waals surface area contributed by atoms with Gasteiger partial charge in [-0.3, -0.25) is 0 Å². The second kappa shape index (κ2) is 7.59. The van der Waals surface area contributed by atoms with Crippen LogP contribution in [0.3, 0.4) is 0 Å². The number of esters is 1. The van der Waals surface area contributed by atoms with Crippen molar-refractivity contribution in [1.29, 1.82) is 0 Å². The average Bonchev–Trinajstić information content (AvgIpc) is 2.50. The molecule has 4 nitrogen and oxygen atoms in total. The molecule has 2 atom stereocenters. The monoisotopic (exact) mass is 308 g/mol. The zero-order valence-electron chi connectivity index (χ0n) is 12.7. The Bertz CT molecular complexity index is 493. The first-order valence-electron chi connectivity index (χ1n) is 7.52. The van der Waals surface area contributed by atoms with E-state index in [9.17, 15) is 4.79 Å². The van der Waals surface area contributed by atoms with Crippen LogP contribution in [0.2, 0.25) is 0 Å². The molecule has 3 N–H and O–H groups in total. The number of thioether (sulfide) groups is 1. The Balaban J connectivity index is 2.23. The maximum absolute atomic E-state index is 12.1. The van der Waals surface area contributed by atoms with E-state index in [1.54, 1.807) is 12.1 Å². The van der Waals surface area contributed by atoms with Crippen molar-refractivity contribution in [3.63, 3.8) is 0 Å². The summed E-state index contributed by atoms with van der Waals surface area (Å²) in [5.74, 6) is -0.316. The third kappa shape index (κ3) is 3.84. The van der Waals surface area contributed by atoms with Gasteiger partial charge in [-0.2, -0.15) is 11.8 Å². The molecule has 1 saturated carbocycles. The largest absolute Gasteiger partial charge is 0.462 e. The highest BCUT2D eigenvalue weighted by molar-refractivity contribution is 7.99. The fourth-order valence-electron chi connectivity index (χ4n) is 2.84. The minimum atomic E-state index is -0.316. The molecule has 0 aromatic heterocycles. The van der Waals surface area contributed by atoms with Crippen molar-refractivity contribution >= 4 is 29.1 Å². The number of ether oxygens (including phenoxy) is 1. The van der Waals surface area contributed by atoms with Crippen LogP contribution in [0.25, 0.3) is 0 Å². The minimum absolute atomic E-state index is 0.316. The quantitative estimate of drug-likeness (QED) is 0.643. The Labute approximate surface area is 130 Å². The highest BCUT2D eigenvalue weighted by atomic mass is 32.2. The van der Waals surface area contributed by atoms with Crippen molar-refractivity contribution in [3.05, 3.63) is 23.8 Å². The van der Waals surface area contributed by atoms with E-state index in [1.807, 2.05) is 24.8 Å². The lowest BCUT2D eigenvalue weighted by Crippen LogP contribution is -2.35. The molecule has 0 amide bonds. The summed E-state index contributed by atoms with van der Waals surface area (Å²) >= 11 is 1.88. The molecule has 1 fully saturated rings. The van der Waals surface area contributed by atoms with Crippen molar-refractivity contribution in [2.75, 3.05) is 23.9 Å². The number of nitrogens with two attached hydrogens (primary N) is 1. The van der Waals surface area contributed by atoms with E-state index in [0.717, 1.165) is 12.1 Å². The van der Waals surface area contributed by atoms with Crippen molar-refractivity contribution in [2.45, 2.75) is 43.9 Å². The number of carbonyl (C=O) groups excluding carboxylic acids is 1. The molecule has 0 heterocycles. The van der Waals surface area contributed by atoms with E-state index >= 15 is 0 Å². The van der Waals surface area contributed by atoms with Gasteiger partial charge in [0.1, 0.15) is 0 Å². The first-order chi connectivity index (χ1) is 10.2. The number of nitrogens with one attached hydrogen (secondary N) is 1. The molecule has 0 saturated heterocycles. The van der Waals surface area contributed by atoms with Crippen LogP contribution in [0.1, 0.15) is 43.0 Å². The number of rotatable bonds is 5. The van der Waals surface area contributed by atoms with Crippen LogP contribution < -0.4 is 11.1 Å². The van der Waals surface area contributed by atoms with Crippen LogP contribution in [0.15, 0.2) is 18.2 Å². The standard InChI is InChI=1S/C16H24N2O2S/c1-3-20-16(19)11-7-6-8-12(17)15(11)18-13-9-4-5-10-14(13)21-2/h6-8,13-14,18H,3-5,9-10,17H2,1-2H3. The molecule has 1 aliphatic carbocycles. The molecule has 2 unspecified atom stereocenters. The van der Waals surface area contributed by atoms with Crippen molar-refractivity contribution < 1.29 is 9.53 Å². The van der Waals surface area contributed by atoms with E-state index in [0.29, 0.717) is 29.1 Å². The first kappa shape index (κ1) is 16.0. The van der Waals surface area contributed by atoms with Crippen LogP contribution in [-0.4, -0.2) is 30.1 Å². The predicted octanol–water partition coefficient (Wildman–Crippen LogP) is 3.53. The van der Waals surface area contributed by atoms with Crippen LogP contribution in [0.4, 0.5) is 11.4 Å². The Kier molecular flexibility index (Phi) is 5.79. The lowest BCUT2D eigenvalue weighted by atomic mass is 9.94. The summed E-state index contributed by atoms with van der Waals surface area (Å²) in [7, 11) is 0. The lowest BCUT2D eigenvalue weighted by Gasteiger charge is -2.32. The zero-order valence-corrected chi connectivity index (χ0v) is 13.5. The van der Waals surface area contributed by atoms with Gasteiger partial charge in [-0.25, -0.2) is 4.79 Å². The fraction of sp³-hybridized carbons (Fsp3) is 0.562. The van der Waals surface area contributed by atoms with Gasteiger partial charge >= 0.3 is 5.97 Å². The normalized spacial score (nSPS) is 21.8. The third-order valence-electron chi connectivity index (χ3n) is 3.93. The number of hydrogen-bond acceptors (Lipinski definition) is 5. The molecule has 116 valence electrons. The van der Waals surface area contributed by atoms with Crippen LogP contribution >= 0.6 is 11.8 Å². The van der Waals surface area contributed by atoms with Gasteiger partial charge in [0, 0.05) is 11.3 Å². The fourth-order valence-corrected chi connectivity index (χ4v) is 3.77. The van der Waals surface area contributed by atoms with E-state index in [1.165, 1.54) is 19.3 Å². The predicted molar refractivity (Wildman–Crippen MR) is 90.0 cm³/mol. The van der Waals surface area contributed by atoms with Crippen molar-refractivity contribution in [1.82, 2.24) is 0 Å². The van der Waals surface area contributed by atoms with Gasteiger partial charge in [-0.1, -0.05) is 18.9 Å². The number of anilines is 2. The molecule has 0 radical (unpaired) electrons. The molecule has 21 heavy (non-hydrogen) atoms. The highest BCUT2D eigenvalue weighted by Gasteiger charge is 2.26. The maximum Gasteiger partial charge on any atom is 0.340 e. The smallest absolute Gasteiger partial charge is 0.340 e. The van der Waals surface area contributed by atoms with Gasteiger partial charge in [0.2, 0.25) is 0 Å². The molecule has 1 aromatic rings. The molecular weight excluding hydrogens is 284 g/mol. The Morgan fingerprint density at radius 3 is 2.90 bits per heavy atom. The molecular formula is C16H24N2O2S. The summed E-state index contributed by atoms with van der Waals surface area (Å²) in [5, 5.41) is 4.07. The SMILES string of the molecule is CCOC(=O)c1cccc(N)c1NC1CCCCC1SC. The average molecular weight is 308 g/mol. The van der Waals surface area contributed by atoms with Gasteiger partial charge in [-0.15, -0.1) is 0 Å². The molecule has 5 heteroatoms. The van der Waals surface area contributed by atoms with Crippen molar-refractivity contribution in [2.24, 2.45) is 0 Å². The summed E-state index contributed by atoms with van der Waals surface area (Å²) in [4.78, 5) is 12.1. The number of nitrogen functional groups attached to an aromatic ring is 1. The highest BCUT2D eigenvalue weighted by Crippen LogP contribution is 2.32. The summed E-state index contributed by atoms with van der Waals surface area (Å²) < 4.78 is 5.13. The number of carbonyl (C=O) groups is 1. The Hall–Kier alpha value is -1.36. The van der Waals surface area contributed by atoms with Crippen LogP contribution in [-0.2, 0) is 4.74 Å². The van der Waals surface area contributed by atoms with Gasteiger partial charge in [0.05, 0.1) is 23.5 Å². The third-order valence-corrected chi connectivity index (χ3v) is 5.10. The molecule has 0 bridgehead atoms. The first-order valence-corrected chi connectivity index (χ1v) is 8.81. The summed E-state index contributed by atoms with van der Waals surface area (Å²) in [6.45, 7) is 2.17. The number of para-hydroxylation sites is 1. The Morgan fingerprint density at radius 2 is 2.19 bits per heavy atom. The lowest BCUT2D eigenvalue weighted by molar-refractivity contribution is 0.0527. The second-order valence-electron chi connectivity index (χ2n) is 5.30. The molecule has 0 spiro atoms. The van der Waals surface area contributed by atoms with E-state index in [2.05, 4.69) is 11.6 Å². The summed E-state index contributed by atoms with van der Waals surface area (Å²) in [6, 6.07) is 5.74. The number of benzene rings is 1. The Morgan fingerprint density at radius 1 is 1.43 bits per heavy atom. The van der Waals surface area contributed by atoms with E-state index in [4.69, 9.17) is 10.5 Å². The molecule has 2 rings (SSSR count). The molecule has 1 aromatic carbocycles. The minimum Gasteiger partial charge on any atom is -0.462 e. The summed E-state index contributed by atoms with van der Waals surface area (Å²) in [5.41, 5.74) is 7.94. The molecule has 0 aliphatic heterocycles. The second-order valence-corrected chi connectivity index (χ2v) is 6.38. The molecule has 1 aliphatic rings. The zero-order chi connectivity index (χ0) is 15.2. The van der Waals surface area contributed by atoms with Gasteiger partial charge in [0.15, 0.2) is 0 Å². The van der Waals surface area contributed by atoms with Crippen LogP contribution in [0.5, 0.6) is 0 Å². The number of hydrogen-bond donors (Lipinski definition) is 2. The topological polar surface area (TPSA) is 64.3 Å². The van der Waals surface area contributed by atoms with E-state index < -0.39 is 0 Å². The van der Waals surface area contributed by atoms with Gasteiger partial charge < -0.3 is 15.8 Å². The maximum atomic E-state index is 12.1. The van der Waals surface area contributed by atoms with Crippen molar-refractivity contribution in [3.8, 4) is 0 Å². The van der Waals surface area contributed by atoms with Gasteiger partial charge in [-0.05, 0) is 38.2 Å². The van der Waals surface area contributed by atoms with Crippen LogP contribution in [0, 0.1) is 0 Å².